The van der Waals surface area contributed by atoms with Crippen LogP contribution in [0.1, 0.15) is 17.9 Å². The van der Waals surface area contributed by atoms with E-state index >= 15 is 0 Å². The number of phenolic OH excluding ortho intramolecular Hbond substituents is 1. The number of phenols is 1. The number of nitrogens with one attached hydrogen (secondary N) is 1. The molecule has 1 saturated heterocycles. The molecule has 1 aliphatic rings. The summed E-state index contributed by atoms with van der Waals surface area (Å²) in [5.41, 5.74) is 0.947. The maximum atomic E-state index is 9.76. The van der Waals surface area contributed by atoms with Crippen LogP contribution in [0.3, 0.4) is 0 Å². The Labute approximate surface area is 96.4 Å². The lowest BCUT2D eigenvalue weighted by Gasteiger charge is -2.12. The molecule has 0 amide bonds. The van der Waals surface area contributed by atoms with Gasteiger partial charge in [0.15, 0.2) is 0 Å². The zero-order valence-electron chi connectivity index (χ0n) is 7.56. The maximum Gasteiger partial charge on any atom is 0.120 e. The van der Waals surface area contributed by atoms with Crippen LogP contribution in [0.5, 0.6) is 5.75 Å². The van der Waals surface area contributed by atoms with Gasteiger partial charge < -0.3 is 10.4 Å². The normalized spacial score (nSPS) is 21.4. The van der Waals surface area contributed by atoms with Crippen molar-refractivity contribution in [1.29, 1.82) is 0 Å². The molecule has 2 nitrogen and oxygen atoms in total. The smallest absolute Gasteiger partial charge is 0.120 e. The van der Waals surface area contributed by atoms with Crippen LogP contribution in [0.4, 0.5) is 0 Å². The van der Waals surface area contributed by atoms with Gasteiger partial charge in [0.25, 0.3) is 0 Å². The highest BCUT2D eigenvalue weighted by Crippen LogP contribution is 2.36. The fraction of sp³-hybridized carbons (Fsp3) is 0.400. The Kier molecular flexibility index (Phi) is 3.00. The summed E-state index contributed by atoms with van der Waals surface area (Å²) in [6, 6.07) is 3.51. The van der Waals surface area contributed by atoms with Crippen molar-refractivity contribution < 1.29 is 5.11 Å². The third-order valence-corrected chi connectivity index (χ3v) is 3.77. The van der Waals surface area contributed by atoms with Crippen molar-refractivity contribution in [3.63, 3.8) is 0 Å². The quantitative estimate of drug-likeness (QED) is 0.827. The molecule has 0 aliphatic carbocycles. The van der Waals surface area contributed by atoms with Gasteiger partial charge in [0, 0.05) is 16.9 Å². The number of aromatic hydroxyl groups is 1. The van der Waals surface area contributed by atoms with E-state index in [1.165, 1.54) is 0 Å². The second kappa shape index (κ2) is 4.09. The van der Waals surface area contributed by atoms with Gasteiger partial charge in [0.2, 0.25) is 0 Å². The Morgan fingerprint density at radius 2 is 2.29 bits per heavy atom. The Morgan fingerprint density at radius 1 is 1.50 bits per heavy atom. The predicted octanol–water partition coefficient (Wildman–Crippen LogP) is 2.89. The molecular weight excluding hydrogens is 265 g/mol. The lowest BCUT2D eigenvalue weighted by atomic mass is 9.97. The minimum Gasteiger partial charge on any atom is -0.508 e. The molecule has 1 aromatic carbocycles. The number of hydrogen-bond donors (Lipinski definition) is 2. The van der Waals surface area contributed by atoms with Crippen molar-refractivity contribution in [2.45, 2.75) is 12.3 Å². The summed E-state index contributed by atoms with van der Waals surface area (Å²) >= 11 is 9.27. The van der Waals surface area contributed by atoms with Gasteiger partial charge in [-0.3, -0.25) is 0 Å². The summed E-state index contributed by atoms with van der Waals surface area (Å²) in [6.07, 6.45) is 1.06. The molecule has 14 heavy (non-hydrogen) atoms. The van der Waals surface area contributed by atoms with Gasteiger partial charge >= 0.3 is 0 Å². The Bertz CT molecular complexity index is 350. The standard InChI is InChI=1S/C10H11BrClNO/c11-8-4-10(14)7(3-9(8)12)6-1-2-13-5-6/h3-4,6,13-14H,1-2,5H2. The zero-order chi connectivity index (χ0) is 10.1. The van der Waals surface area contributed by atoms with Gasteiger partial charge in [-0.05, 0) is 46.6 Å². The summed E-state index contributed by atoms with van der Waals surface area (Å²) in [4.78, 5) is 0. The topological polar surface area (TPSA) is 32.3 Å². The molecule has 4 heteroatoms. The van der Waals surface area contributed by atoms with Gasteiger partial charge in [0.1, 0.15) is 5.75 Å². The van der Waals surface area contributed by atoms with E-state index in [0.29, 0.717) is 16.7 Å². The molecular formula is C10H11BrClNO. The largest absolute Gasteiger partial charge is 0.508 e. The molecule has 1 aliphatic heterocycles. The lowest BCUT2D eigenvalue weighted by Crippen LogP contribution is -2.08. The van der Waals surface area contributed by atoms with E-state index in [-0.39, 0.29) is 0 Å². The Morgan fingerprint density at radius 3 is 2.93 bits per heavy atom. The molecule has 76 valence electrons. The van der Waals surface area contributed by atoms with Crippen LogP contribution in [-0.4, -0.2) is 18.2 Å². The summed E-state index contributed by atoms with van der Waals surface area (Å²) in [6.45, 7) is 1.93. The van der Waals surface area contributed by atoms with Crippen LogP contribution in [0.2, 0.25) is 5.02 Å². The molecule has 0 bridgehead atoms. The minimum atomic E-state index is 0.329. The van der Waals surface area contributed by atoms with Gasteiger partial charge in [-0.2, -0.15) is 0 Å². The highest BCUT2D eigenvalue weighted by atomic mass is 79.9. The van der Waals surface area contributed by atoms with Gasteiger partial charge in [-0.1, -0.05) is 11.6 Å². The highest BCUT2D eigenvalue weighted by molar-refractivity contribution is 9.10. The van der Waals surface area contributed by atoms with E-state index in [0.717, 1.165) is 29.5 Å². The minimum absolute atomic E-state index is 0.329. The van der Waals surface area contributed by atoms with E-state index in [9.17, 15) is 5.11 Å². The average Bonchev–Trinajstić information content (AvgIpc) is 2.64. The van der Waals surface area contributed by atoms with Crippen molar-refractivity contribution >= 4 is 27.5 Å². The van der Waals surface area contributed by atoms with E-state index in [1.807, 2.05) is 6.07 Å². The van der Waals surface area contributed by atoms with Crippen molar-refractivity contribution in [2.75, 3.05) is 13.1 Å². The average molecular weight is 277 g/mol. The van der Waals surface area contributed by atoms with Crippen LogP contribution in [-0.2, 0) is 0 Å². The first-order valence-electron chi connectivity index (χ1n) is 4.57. The second-order valence-corrected chi connectivity index (χ2v) is 4.78. The van der Waals surface area contributed by atoms with Crippen LogP contribution in [0.15, 0.2) is 16.6 Å². The fourth-order valence-corrected chi connectivity index (χ4v) is 2.30. The molecule has 0 saturated carbocycles. The molecule has 1 unspecified atom stereocenters. The number of benzene rings is 1. The second-order valence-electron chi connectivity index (χ2n) is 3.51. The van der Waals surface area contributed by atoms with Crippen molar-refractivity contribution in [1.82, 2.24) is 5.32 Å². The Hall–Kier alpha value is -0.250. The van der Waals surface area contributed by atoms with E-state index in [1.54, 1.807) is 6.07 Å². The maximum absolute atomic E-state index is 9.76. The molecule has 1 atom stereocenters. The number of halogens is 2. The fourth-order valence-electron chi connectivity index (χ4n) is 1.80. The first-order valence-corrected chi connectivity index (χ1v) is 5.74. The number of hydrogen-bond acceptors (Lipinski definition) is 2. The van der Waals surface area contributed by atoms with Gasteiger partial charge in [-0.15, -0.1) is 0 Å². The van der Waals surface area contributed by atoms with E-state index < -0.39 is 0 Å². The summed E-state index contributed by atoms with van der Waals surface area (Å²) < 4.78 is 0.742. The summed E-state index contributed by atoms with van der Waals surface area (Å²) in [5.74, 6) is 0.718. The SMILES string of the molecule is Oc1cc(Br)c(Cl)cc1C1CCNC1. The molecule has 1 fully saturated rings. The predicted molar refractivity (Wildman–Crippen MR) is 61.0 cm³/mol. The van der Waals surface area contributed by atoms with E-state index in [4.69, 9.17) is 11.6 Å². The van der Waals surface area contributed by atoms with Crippen molar-refractivity contribution in [2.24, 2.45) is 0 Å². The molecule has 0 spiro atoms. The summed E-state index contributed by atoms with van der Waals surface area (Å²) in [7, 11) is 0. The van der Waals surface area contributed by atoms with Crippen molar-refractivity contribution in [3.8, 4) is 5.75 Å². The third-order valence-electron chi connectivity index (χ3n) is 2.57. The van der Waals surface area contributed by atoms with Gasteiger partial charge in [-0.25, -0.2) is 0 Å². The molecule has 2 rings (SSSR count). The molecule has 0 radical (unpaired) electrons. The third kappa shape index (κ3) is 1.90. The zero-order valence-corrected chi connectivity index (χ0v) is 9.90. The number of rotatable bonds is 1. The van der Waals surface area contributed by atoms with Crippen LogP contribution < -0.4 is 5.32 Å². The van der Waals surface area contributed by atoms with Crippen LogP contribution >= 0.6 is 27.5 Å². The van der Waals surface area contributed by atoms with Crippen LogP contribution in [0, 0.1) is 0 Å². The first kappa shape index (κ1) is 10.3. The summed E-state index contributed by atoms with van der Waals surface area (Å²) in [5, 5.41) is 13.7. The first-order chi connectivity index (χ1) is 6.68. The van der Waals surface area contributed by atoms with E-state index in [2.05, 4.69) is 21.2 Å². The molecule has 1 heterocycles. The van der Waals surface area contributed by atoms with Gasteiger partial charge in [0.05, 0.1) is 5.02 Å². The molecule has 0 aromatic heterocycles. The van der Waals surface area contributed by atoms with Crippen LogP contribution in [0.25, 0.3) is 0 Å². The monoisotopic (exact) mass is 275 g/mol. The molecule has 1 aromatic rings. The van der Waals surface area contributed by atoms with Crippen molar-refractivity contribution in [3.05, 3.63) is 27.2 Å². The highest BCUT2D eigenvalue weighted by Gasteiger charge is 2.20. The molecule has 2 N–H and O–H groups in total. The Balaban J connectivity index is 2.37. The lowest BCUT2D eigenvalue weighted by molar-refractivity contribution is 0.462.